The third-order valence-corrected chi connectivity index (χ3v) is 5.34. The van der Waals surface area contributed by atoms with Gasteiger partial charge in [-0.3, -0.25) is 9.48 Å². The minimum absolute atomic E-state index is 0.000890. The van der Waals surface area contributed by atoms with E-state index >= 15 is 0 Å². The van der Waals surface area contributed by atoms with Crippen LogP contribution < -0.4 is 4.90 Å². The van der Waals surface area contributed by atoms with E-state index in [0.29, 0.717) is 31.0 Å². The number of pyridine rings is 1. The molecule has 164 valence electrons. The molecule has 0 bridgehead atoms. The molecule has 0 fully saturated rings. The van der Waals surface area contributed by atoms with Crippen LogP contribution in [0.5, 0.6) is 0 Å². The summed E-state index contributed by atoms with van der Waals surface area (Å²) in [5, 5.41) is 12.8. The Bertz CT molecular complexity index is 1150. The number of halogens is 4. The molecule has 0 spiro atoms. The highest BCUT2D eigenvalue weighted by Crippen LogP contribution is 2.38. The number of aryl methyl sites for hydroxylation is 1. The van der Waals surface area contributed by atoms with Gasteiger partial charge in [-0.25, -0.2) is 9.37 Å². The van der Waals surface area contributed by atoms with E-state index in [-0.39, 0.29) is 5.69 Å². The van der Waals surface area contributed by atoms with Gasteiger partial charge in [0, 0.05) is 31.8 Å². The number of fused-ring (bicyclic) bond motifs is 1. The van der Waals surface area contributed by atoms with Gasteiger partial charge in [-0.2, -0.15) is 23.0 Å². The summed E-state index contributed by atoms with van der Waals surface area (Å²) in [5.41, 5.74) is -0.959. The molecule has 0 radical (unpaired) electrons. The molecular weight excluding hydrogens is 418 g/mol. The first-order valence-electron chi connectivity index (χ1n) is 9.65. The van der Waals surface area contributed by atoms with Crippen molar-refractivity contribution in [2.24, 2.45) is 0 Å². The van der Waals surface area contributed by atoms with Crippen molar-refractivity contribution in [1.29, 1.82) is 0 Å². The molecule has 12 heteroatoms. The van der Waals surface area contributed by atoms with Gasteiger partial charge in [0.05, 0.1) is 29.2 Å². The molecule has 3 aromatic rings. The summed E-state index contributed by atoms with van der Waals surface area (Å²) in [5.74, 6) is -1.88. The van der Waals surface area contributed by atoms with Crippen LogP contribution in [0.1, 0.15) is 54.3 Å². The average Bonchev–Trinajstić information content (AvgIpc) is 3.33. The van der Waals surface area contributed by atoms with Gasteiger partial charge < -0.3 is 4.90 Å². The van der Waals surface area contributed by atoms with Crippen LogP contribution in [0.2, 0.25) is 0 Å². The zero-order chi connectivity index (χ0) is 22.5. The van der Waals surface area contributed by atoms with Crippen molar-refractivity contribution in [3.8, 4) is 5.82 Å². The lowest BCUT2D eigenvalue weighted by Gasteiger charge is -2.35. The van der Waals surface area contributed by atoms with Crippen molar-refractivity contribution in [2.45, 2.75) is 46.0 Å². The van der Waals surface area contributed by atoms with Crippen molar-refractivity contribution in [1.82, 2.24) is 29.8 Å². The Balaban J connectivity index is 1.74. The monoisotopic (exact) mass is 437 g/mol. The smallest absolute Gasteiger partial charge is 0.361 e. The first-order valence-corrected chi connectivity index (χ1v) is 9.65. The van der Waals surface area contributed by atoms with Crippen LogP contribution in [0.15, 0.2) is 18.5 Å². The minimum atomic E-state index is -5.00. The van der Waals surface area contributed by atoms with Gasteiger partial charge in [-0.05, 0) is 20.8 Å². The third-order valence-electron chi connectivity index (χ3n) is 5.34. The summed E-state index contributed by atoms with van der Waals surface area (Å²) in [6.45, 7) is 5.76. The van der Waals surface area contributed by atoms with Crippen molar-refractivity contribution in [3.05, 3.63) is 46.9 Å². The summed E-state index contributed by atoms with van der Waals surface area (Å²) in [6.07, 6.45) is -1.86. The van der Waals surface area contributed by atoms with E-state index in [9.17, 15) is 22.4 Å². The van der Waals surface area contributed by atoms with Crippen molar-refractivity contribution >= 4 is 11.5 Å². The molecule has 1 aliphatic heterocycles. The van der Waals surface area contributed by atoms with E-state index < -0.39 is 35.1 Å². The molecule has 0 N–H and O–H groups in total. The maximum absolute atomic E-state index is 14.6. The normalized spacial score (nSPS) is 16.5. The molecular formula is C19H19F4N7O. The molecule has 8 nitrogen and oxygen atoms in total. The van der Waals surface area contributed by atoms with E-state index in [1.54, 1.807) is 27.3 Å². The maximum Gasteiger partial charge on any atom is 0.436 e. The number of ketones is 1. The van der Waals surface area contributed by atoms with E-state index in [1.807, 2.05) is 13.1 Å². The zero-order valence-electron chi connectivity index (χ0n) is 17.0. The van der Waals surface area contributed by atoms with Gasteiger partial charge >= 0.3 is 6.18 Å². The van der Waals surface area contributed by atoms with Crippen LogP contribution in [0.4, 0.5) is 23.2 Å². The lowest BCUT2D eigenvalue weighted by atomic mass is 10.00. The zero-order valence-corrected chi connectivity index (χ0v) is 17.0. The number of alkyl halides is 3. The Morgan fingerprint density at radius 2 is 2.06 bits per heavy atom. The van der Waals surface area contributed by atoms with Crippen LogP contribution >= 0.6 is 0 Å². The minimum Gasteiger partial charge on any atom is -0.361 e. The Morgan fingerprint density at radius 1 is 1.32 bits per heavy atom. The second kappa shape index (κ2) is 7.43. The Labute approximate surface area is 174 Å². The van der Waals surface area contributed by atoms with Crippen molar-refractivity contribution in [2.75, 3.05) is 11.4 Å². The van der Waals surface area contributed by atoms with Crippen LogP contribution in [0.25, 0.3) is 5.82 Å². The fourth-order valence-electron chi connectivity index (χ4n) is 3.82. The highest BCUT2D eigenvalue weighted by molar-refractivity contribution is 6.00. The predicted octanol–water partition coefficient (Wildman–Crippen LogP) is 3.36. The molecule has 0 saturated carbocycles. The Morgan fingerprint density at radius 3 is 2.68 bits per heavy atom. The second-order valence-corrected chi connectivity index (χ2v) is 7.22. The maximum atomic E-state index is 14.6. The fraction of sp³-hybridized carbons (Fsp3) is 0.421. The van der Waals surface area contributed by atoms with Gasteiger partial charge in [0.15, 0.2) is 23.1 Å². The van der Waals surface area contributed by atoms with Crippen molar-refractivity contribution in [3.63, 3.8) is 0 Å². The van der Waals surface area contributed by atoms with Gasteiger partial charge in [0.1, 0.15) is 5.69 Å². The molecule has 1 atom stereocenters. The topological polar surface area (TPSA) is 81.7 Å². The second-order valence-electron chi connectivity index (χ2n) is 7.22. The summed E-state index contributed by atoms with van der Waals surface area (Å²) >= 11 is 0. The largest absolute Gasteiger partial charge is 0.436 e. The molecule has 0 saturated heterocycles. The van der Waals surface area contributed by atoms with Gasteiger partial charge in [0.25, 0.3) is 0 Å². The van der Waals surface area contributed by atoms with E-state index in [1.165, 1.54) is 0 Å². The fourth-order valence-corrected chi connectivity index (χ4v) is 3.82. The highest BCUT2D eigenvalue weighted by Gasteiger charge is 2.40. The summed E-state index contributed by atoms with van der Waals surface area (Å²) < 4.78 is 57.2. The molecule has 1 aliphatic rings. The molecule has 0 aromatic carbocycles. The van der Waals surface area contributed by atoms with Gasteiger partial charge in [0.2, 0.25) is 0 Å². The van der Waals surface area contributed by atoms with Crippen LogP contribution in [-0.2, 0) is 19.1 Å². The molecule has 0 unspecified atom stereocenters. The first kappa shape index (κ1) is 20.9. The molecule has 4 rings (SSSR count). The molecule has 31 heavy (non-hydrogen) atoms. The average molecular weight is 437 g/mol. The number of carbonyl (C=O) groups excluding carboxylic acids is 1. The number of Topliss-reactive ketones (excluding diaryl/α,β-unsaturated/α-hetero) is 1. The Hall–Kier alpha value is -3.31. The SMILES string of the molecule is CCn1ccc(-n2nnc3c2CCN(c2cnc(C(F)(F)F)c(F)c2C(C)=O)[C@H]3C)n1. The van der Waals surface area contributed by atoms with Crippen LogP contribution in [0, 0.1) is 5.82 Å². The number of nitrogens with zero attached hydrogens (tertiary/aromatic N) is 7. The number of carbonyl (C=O) groups is 1. The van der Waals surface area contributed by atoms with Gasteiger partial charge in [-0.15, -0.1) is 5.10 Å². The van der Waals surface area contributed by atoms with Gasteiger partial charge in [-0.1, -0.05) is 5.21 Å². The number of hydrogen-bond donors (Lipinski definition) is 0. The van der Waals surface area contributed by atoms with E-state index in [4.69, 9.17) is 0 Å². The third kappa shape index (κ3) is 3.45. The number of hydrogen-bond acceptors (Lipinski definition) is 6. The summed E-state index contributed by atoms with van der Waals surface area (Å²) in [7, 11) is 0. The standard InChI is InChI=1S/C19H19F4N7O/c1-4-28-7-6-14(26-28)30-12-5-8-29(10(2)17(12)25-27-30)13-9-24-18(19(21,22)23)16(20)15(13)11(3)31/h6-7,9-10H,4-5,8H2,1-3H3/t10-/m0/s1. The summed E-state index contributed by atoms with van der Waals surface area (Å²) in [4.78, 5) is 17.0. The Kier molecular flexibility index (Phi) is 5.02. The molecule has 4 heterocycles. The number of rotatable bonds is 4. The predicted molar refractivity (Wildman–Crippen MR) is 101 cm³/mol. The van der Waals surface area contributed by atoms with Crippen LogP contribution in [-0.4, -0.2) is 42.1 Å². The number of aromatic nitrogens is 6. The first-order chi connectivity index (χ1) is 14.6. The van der Waals surface area contributed by atoms with Crippen molar-refractivity contribution < 1.29 is 22.4 Å². The quantitative estimate of drug-likeness (QED) is 0.460. The number of anilines is 1. The molecule has 0 amide bonds. The lowest BCUT2D eigenvalue weighted by molar-refractivity contribution is -0.143. The lowest BCUT2D eigenvalue weighted by Crippen LogP contribution is -2.36. The molecule has 3 aromatic heterocycles. The van der Waals surface area contributed by atoms with E-state index in [0.717, 1.165) is 18.8 Å². The highest BCUT2D eigenvalue weighted by atomic mass is 19.4. The van der Waals surface area contributed by atoms with E-state index in [2.05, 4.69) is 20.4 Å². The summed E-state index contributed by atoms with van der Waals surface area (Å²) in [6, 6.07) is 1.33. The van der Waals surface area contributed by atoms with Crippen LogP contribution in [0.3, 0.4) is 0 Å². The molecule has 0 aliphatic carbocycles.